The highest BCUT2D eigenvalue weighted by Gasteiger charge is 2.33. The van der Waals surface area contributed by atoms with Crippen molar-refractivity contribution < 1.29 is 13.2 Å². The molecule has 2 aromatic rings. The highest BCUT2D eigenvalue weighted by Crippen LogP contribution is 2.27. The predicted molar refractivity (Wildman–Crippen MR) is 55.3 cm³/mol. The van der Waals surface area contributed by atoms with Gasteiger partial charge in [0.15, 0.2) is 5.82 Å². The van der Waals surface area contributed by atoms with Gasteiger partial charge in [-0.05, 0) is 19.9 Å². The molecule has 18 heavy (non-hydrogen) atoms. The van der Waals surface area contributed by atoms with Crippen molar-refractivity contribution in [3.63, 3.8) is 0 Å². The van der Waals surface area contributed by atoms with Crippen molar-refractivity contribution in [3.8, 4) is 11.6 Å². The minimum atomic E-state index is -4.52. The maximum absolute atomic E-state index is 12.5. The zero-order valence-corrected chi connectivity index (χ0v) is 9.52. The zero-order chi connectivity index (χ0) is 13.3. The molecule has 0 amide bonds. The van der Waals surface area contributed by atoms with E-state index in [-0.39, 0.29) is 11.6 Å². The molecule has 94 valence electrons. The Labute approximate surface area is 100 Å². The molecule has 0 fully saturated rings. The first-order valence-electron chi connectivity index (χ1n) is 4.96. The summed E-state index contributed by atoms with van der Waals surface area (Å²) in [6.45, 7) is 3.23. The van der Waals surface area contributed by atoms with Crippen LogP contribution in [-0.2, 0) is 6.18 Å². The molecule has 0 aliphatic rings. The first-order valence-corrected chi connectivity index (χ1v) is 4.96. The monoisotopic (exact) mass is 255 g/mol. The molecule has 2 aromatic heterocycles. The topological polar surface area (TPSA) is 64.5 Å². The van der Waals surface area contributed by atoms with Gasteiger partial charge in [0.2, 0.25) is 5.82 Å². The molecule has 0 saturated heterocycles. The SMILES string of the molecule is Cc1nc(C)nc(-c2nccc(C(F)(F)F)n2)n1. The van der Waals surface area contributed by atoms with E-state index in [1.54, 1.807) is 13.8 Å². The normalized spacial score (nSPS) is 11.6. The summed E-state index contributed by atoms with van der Waals surface area (Å²) in [5, 5.41) is 0. The number of nitrogens with zero attached hydrogens (tertiary/aromatic N) is 5. The third-order valence-electron chi connectivity index (χ3n) is 2.01. The molecule has 0 saturated carbocycles. The van der Waals surface area contributed by atoms with Crippen LogP contribution >= 0.6 is 0 Å². The fraction of sp³-hybridized carbons (Fsp3) is 0.300. The summed E-state index contributed by atoms with van der Waals surface area (Å²) in [5.74, 6) is 0.668. The Morgan fingerprint density at radius 2 is 1.50 bits per heavy atom. The molecule has 0 unspecified atom stereocenters. The molecule has 0 aliphatic carbocycles. The number of aromatic nitrogens is 5. The van der Waals surface area contributed by atoms with Gasteiger partial charge >= 0.3 is 6.18 Å². The van der Waals surface area contributed by atoms with E-state index in [0.29, 0.717) is 11.6 Å². The van der Waals surface area contributed by atoms with Crippen molar-refractivity contribution in [2.75, 3.05) is 0 Å². The van der Waals surface area contributed by atoms with Gasteiger partial charge < -0.3 is 0 Å². The van der Waals surface area contributed by atoms with Gasteiger partial charge in [0, 0.05) is 6.20 Å². The largest absolute Gasteiger partial charge is 0.433 e. The molecule has 8 heteroatoms. The summed E-state index contributed by atoms with van der Waals surface area (Å²) in [6, 6.07) is 0.796. The van der Waals surface area contributed by atoms with Crippen molar-refractivity contribution in [2.24, 2.45) is 0 Å². The van der Waals surface area contributed by atoms with Crippen LogP contribution in [0.25, 0.3) is 11.6 Å². The molecule has 0 bridgehead atoms. The number of hydrogen-bond donors (Lipinski definition) is 0. The first kappa shape index (κ1) is 12.3. The molecule has 0 radical (unpaired) electrons. The maximum Gasteiger partial charge on any atom is 0.433 e. The second-order valence-corrected chi connectivity index (χ2v) is 3.52. The highest BCUT2D eigenvalue weighted by atomic mass is 19.4. The minimum absolute atomic E-state index is 0.0334. The predicted octanol–water partition coefficient (Wildman–Crippen LogP) is 1.96. The van der Waals surface area contributed by atoms with Crippen LogP contribution in [0.1, 0.15) is 17.3 Å². The van der Waals surface area contributed by atoms with Gasteiger partial charge in [0.25, 0.3) is 0 Å². The summed E-state index contributed by atoms with van der Waals surface area (Å²) >= 11 is 0. The quantitative estimate of drug-likeness (QED) is 0.779. The lowest BCUT2D eigenvalue weighted by atomic mass is 10.4. The summed E-state index contributed by atoms with van der Waals surface area (Å²) < 4.78 is 37.5. The van der Waals surface area contributed by atoms with Crippen LogP contribution in [0.4, 0.5) is 13.2 Å². The molecular formula is C10H8F3N5. The summed E-state index contributed by atoms with van der Waals surface area (Å²) in [6.07, 6.45) is -3.49. The lowest BCUT2D eigenvalue weighted by molar-refractivity contribution is -0.141. The molecule has 5 nitrogen and oxygen atoms in total. The van der Waals surface area contributed by atoms with Crippen LogP contribution in [0.3, 0.4) is 0 Å². The van der Waals surface area contributed by atoms with E-state index in [4.69, 9.17) is 0 Å². The summed E-state index contributed by atoms with van der Waals surface area (Å²) in [4.78, 5) is 18.9. The standard InChI is InChI=1S/C10H8F3N5/c1-5-15-6(2)17-9(16-5)8-14-4-3-7(18-8)10(11,12)13/h3-4H,1-2H3. The Morgan fingerprint density at radius 3 is 2.06 bits per heavy atom. The van der Waals surface area contributed by atoms with Crippen LogP contribution in [0, 0.1) is 13.8 Å². The van der Waals surface area contributed by atoms with E-state index >= 15 is 0 Å². The number of rotatable bonds is 1. The Bertz CT molecular complexity index is 562. The highest BCUT2D eigenvalue weighted by molar-refractivity contribution is 5.42. The van der Waals surface area contributed by atoms with E-state index in [2.05, 4.69) is 24.9 Å². The second-order valence-electron chi connectivity index (χ2n) is 3.52. The summed E-state index contributed by atoms with van der Waals surface area (Å²) in [5.41, 5.74) is -1.02. The second kappa shape index (κ2) is 4.28. The molecule has 2 heterocycles. The average Bonchev–Trinajstić information content (AvgIpc) is 2.27. The van der Waals surface area contributed by atoms with E-state index in [1.807, 2.05) is 0 Å². The van der Waals surface area contributed by atoms with Crippen molar-refractivity contribution in [2.45, 2.75) is 20.0 Å². The zero-order valence-electron chi connectivity index (χ0n) is 9.52. The molecule has 0 aromatic carbocycles. The van der Waals surface area contributed by atoms with Crippen molar-refractivity contribution in [3.05, 3.63) is 29.6 Å². The molecule has 0 N–H and O–H groups in total. The molecule has 0 atom stereocenters. The number of aryl methyl sites for hydroxylation is 2. The van der Waals surface area contributed by atoms with Crippen LogP contribution < -0.4 is 0 Å². The third-order valence-corrected chi connectivity index (χ3v) is 2.01. The maximum atomic E-state index is 12.5. The fourth-order valence-corrected chi connectivity index (χ4v) is 1.34. The van der Waals surface area contributed by atoms with Crippen LogP contribution in [-0.4, -0.2) is 24.9 Å². The van der Waals surface area contributed by atoms with Crippen LogP contribution in [0.5, 0.6) is 0 Å². The molecular weight excluding hydrogens is 247 g/mol. The lowest BCUT2D eigenvalue weighted by Gasteiger charge is -2.06. The minimum Gasteiger partial charge on any atom is -0.234 e. The Morgan fingerprint density at radius 1 is 0.889 bits per heavy atom. The van der Waals surface area contributed by atoms with Crippen LogP contribution in [0.2, 0.25) is 0 Å². The average molecular weight is 255 g/mol. The summed E-state index contributed by atoms with van der Waals surface area (Å²) in [7, 11) is 0. The van der Waals surface area contributed by atoms with Gasteiger partial charge in [0.05, 0.1) is 0 Å². The van der Waals surface area contributed by atoms with Gasteiger partial charge in [0.1, 0.15) is 17.3 Å². The van der Waals surface area contributed by atoms with Gasteiger partial charge in [-0.25, -0.2) is 24.9 Å². The Balaban J connectivity index is 2.51. The van der Waals surface area contributed by atoms with E-state index < -0.39 is 11.9 Å². The van der Waals surface area contributed by atoms with Crippen molar-refractivity contribution >= 4 is 0 Å². The van der Waals surface area contributed by atoms with Crippen molar-refractivity contribution in [1.82, 2.24) is 24.9 Å². The smallest absolute Gasteiger partial charge is 0.234 e. The van der Waals surface area contributed by atoms with E-state index in [0.717, 1.165) is 12.3 Å². The molecule has 0 aliphatic heterocycles. The number of halogens is 3. The fourth-order valence-electron chi connectivity index (χ4n) is 1.34. The van der Waals surface area contributed by atoms with Gasteiger partial charge in [-0.1, -0.05) is 0 Å². The Hall–Kier alpha value is -2.12. The number of alkyl halides is 3. The number of hydrogen-bond acceptors (Lipinski definition) is 5. The van der Waals surface area contributed by atoms with Gasteiger partial charge in [-0.2, -0.15) is 13.2 Å². The first-order chi connectivity index (χ1) is 8.36. The molecule has 2 rings (SSSR count). The van der Waals surface area contributed by atoms with Gasteiger partial charge in [-0.15, -0.1) is 0 Å². The van der Waals surface area contributed by atoms with Crippen molar-refractivity contribution in [1.29, 1.82) is 0 Å². The van der Waals surface area contributed by atoms with E-state index in [9.17, 15) is 13.2 Å². The van der Waals surface area contributed by atoms with E-state index in [1.165, 1.54) is 0 Å². The van der Waals surface area contributed by atoms with Gasteiger partial charge in [-0.3, -0.25) is 0 Å². The lowest BCUT2D eigenvalue weighted by Crippen LogP contribution is -2.10. The van der Waals surface area contributed by atoms with Crippen LogP contribution in [0.15, 0.2) is 12.3 Å². The third kappa shape index (κ3) is 2.58. The Kier molecular flexibility index (Phi) is 2.93. The molecule has 0 spiro atoms.